The highest BCUT2D eigenvalue weighted by Crippen LogP contribution is 2.40. The summed E-state index contributed by atoms with van der Waals surface area (Å²) >= 11 is 0. The van der Waals surface area contributed by atoms with E-state index in [0.717, 1.165) is 28.1 Å². The van der Waals surface area contributed by atoms with Crippen LogP contribution in [0.5, 0.6) is 5.75 Å². The number of amides is 2. The fourth-order valence-corrected chi connectivity index (χ4v) is 3.28. The summed E-state index contributed by atoms with van der Waals surface area (Å²) in [6.45, 7) is 7.83. The molecule has 2 aromatic rings. The van der Waals surface area contributed by atoms with Gasteiger partial charge in [-0.1, -0.05) is 49.1 Å². The van der Waals surface area contributed by atoms with E-state index in [0.29, 0.717) is 13.2 Å². The minimum absolute atomic E-state index is 0.136. The summed E-state index contributed by atoms with van der Waals surface area (Å²) in [5.41, 5.74) is 3.58. The molecule has 5 heteroatoms. The van der Waals surface area contributed by atoms with Gasteiger partial charge in [0.25, 0.3) is 5.91 Å². The Morgan fingerprint density at radius 2 is 2.04 bits per heavy atom. The third-order valence-electron chi connectivity index (χ3n) is 4.37. The van der Waals surface area contributed by atoms with Crippen LogP contribution in [0.4, 0.5) is 5.69 Å². The first-order chi connectivity index (χ1) is 12.5. The van der Waals surface area contributed by atoms with Crippen molar-refractivity contribution in [3.05, 3.63) is 71.8 Å². The first-order valence-corrected chi connectivity index (χ1v) is 8.52. The van der Waals surface area contributed by atoms with Crippen molar-refractivity contribution in [1.29, 1.82) is 0 Å². The summed E-state index contributed by atoms with van der Waals surface area (Å²) in [6, 6.07) is 12.7. The molecule has 0 unspecified atom stereocenters. The Bertz CT molecular complexity index is 860. The normalized spacial score (nSPS) is 15.5. The van der Waals surface area contributed by atoms with Crippen LogP contribution in [0.3, 0.4) is 0 Å². The van der Waals surface area contributed by atoms with Crippen molar-refractivity contribution in [3.8, 4) is 5.75 Å². The lowest BCUT2D eigenvalue weighted by atomic mass is 10.0. The maximum Gasteiger partial charge on any atom is 0.254 e. The molecule has 0 spiro atoms. The van der Waals surface area contributed by atoms with Gasteiger partial charge in [0.1, 0.15) is 18.4 Å². The number of ether oxygens (including phenoxy) is 1. The molecule has 0 aromatic heterocycles. The van der Waals surface area contributed by atoms with Gasteiger partial charge in [0.05, 0.1) is 12.2 Å². The van der Waals surface area contributed by atoms with Crippen LogP contribution in [-0.4, -0.2) is 18.4 Å². The van der Waals surface area contributed by atoms with E-state index >= 15 is 0 Å². The minimum atomic E-state index is -0.649. The average molecular weight is 350 g/mol. The zero-order valence-electron chi connectivity index (χ0n) is 15.0. The van der Waals surface area contributed by atoms with Gasteiger partial charge in [0, 0.05) is 18.1 Å². The molecular weight excluding hydrogens is 328 g/mol. The SMILES string of the molecule is C=CCOc1ccccc1CN1C(=O)[C@@H](NC(C)=O)c2cccc(C)c21. The molecule has 26 heavy (non-hydrogen) atoms. The van der Waals surface area contributed by atoms with E-state index in [9.17, 15) is 9.59 Å². The van der Waals surface area contributed by atoms with Crippen LogP contribution in [0.2, 0.25) is 0 Å². The molecule has 2 aromatic carbocycles. The Morgan fingerprint density at radius 1 is 1.27 bits per heavy atom. The monoisotopic (exact) mass is 350 g/mol. The highest BCUT2D eigenvalue weighted by Gasteiger charge is 2.38. The van der Waals surface area contributed by atoms with Crippen LogP contribution in [0.25, 0.3) is 0 Å². The molecule has 1 heterocycles. The van der Waals surface area contributed by atoms with Crippen molar-refractivity contribution in [2.24, 2.45) is 0 Å². The Labute approximate surface area is 153 Å². The number of aryl methyl sites for hydroxylation is 1. The summed E-state index contributed by atoms with van der Waals surface area (Å²) in [4.78, 5) is 26.3. The number of anilines is 1. The Kier molecular flexibility index (Phi) is 5.07. The van der Waals surface area contributed by atoms with Crippen LogP contribution < -0.4 is 15.0 Å². The van der Waals surface area contributed by atoms with Gasteiger partial charge >= 0.3 is 0 Å². The van der Waals surface area contributed by atoms with Crippen LogP contribution in [0.1, 0.15) is 29.7 Å². The summed E-state index contributed by atoms with van der Waals surface area (Å²) in [5.74, 6) is 0.355. The van der Waals surface area contributed by atoms with E-state index in [2.05, 4.69) is 11.9 Å². The number of nitrogens with one attached hydrogen (secondary N) is 1. The maximum atomic E-state index is 13.0. The zero-order valence-corrected chi connectivity index (χ0v) is 15.0. The van der Waals surface area contributed by atoms with Gasteiger partial charge in [0.15, 0.2) is 0 Å². The van der Waals surface area contributed by atoms with Crippen molar-refractivity contribution in [1.82, 2.24) is 5.32 Å². The van der Waals surface area contributed by atoms with Crippen molar-refractivity contribution in [2.75, 3.05) is 11.5 Å². The molecule has 1 aliphatic heterocycles. The molecule has 1 atom stereocenters. The third kappa shape index (κ3) is 3.33. The van der Waals surface area contributed by atoms with Crippen LogP contribution in [-0.2, 0) is 16.1 Å². The number of hydrogen-bond donors (Lipinski definition) is 1. The van der Waals surface area contributed by atoms with Crippen LogP contribution in [0.15, 0.2) is 55.1 Å². The van der Waals surface area contributed by atoms with Gasteiger partial charge in [-0.25, -0.2) is 0 Å². The number of fused-ring (bicyclic) bond motifs is 1. The smallest absolute Gasteiger partial charge is 0.254 e. The lowest BCUT2D eigenvalue weighted by molar-refractivity contribution is -0.126. The number of nitrogens with zero attached hydrogens (tertiary/aromatic N) is 1. The molecule has 5 nitrogen and oxygen atoms in total. The first kappa shape index (κ1) is 17.7. The molecule has 0 saturated heterocycles. The van der Waals surface area contributed by atoms with Crippen molar-refractivity contribution >= 4 is 17.5 Å². The van der Waals surface area contributed by atoms with Crippen molar-refractivity contribution < 1.29 is 14.3 Å². The van der Waals surface area contributed by atoms with E-state index in [-0.39, 0.29) is 11.8 Å². The minimum Gasteiger partial charge on any atom is -0.489 e. The molecule has 0 saturated carbocycles. The topological polar surface area (TPSA) is 58.6 Å². The standard InChI is InChI=1S/C21H22N2O3/c1-4-12-26-18-11-6-5-9-16(18)13-23-20-14(2)8-7-10-17(20)19(21(23)25)22-15(3)24/h4-11,19H,1,12-13H2,2-3H3,(H,22,24)/t19-/m0/s1. The molecule has 134 valence electrons. The zero-order chi connectivity index (χ0) is 18.7. The van der Waals surface area contributed by atoms with Crippen LogP contribution >= 0.6 is 0 Å². The summed E-state index contributed by atoms with van der Waals surface area (Å²) < 4.78 is 5.72. The predicted molar refractivity (Wildman–Crippen MR) is 101 cm³/mol. The van der Waals surface area contributed by atoms with Crippen LogP contribution in [0, 0.1) is 6.92 Å². The fraction of sp³-hybridized carbons (Fsp3) is 0.238. The molecular formula is C21H22N2O3. The Hall–Kier alpha value is -3.08. The summed E-state index contributed by atoms with van der Waals surface area (Å²) in [7, 11) is 0. The number of para-hydroxylation sites is 2. The Morgan fingerprint density at radius 3 is 2.77 bits per heavy atom. The van der Waals surface area contributed by atoms with E-state index in [1.165, 1.54) is 6.92 Å². The summed E-state index contributed by atoms with van der Waals surface area (Å²) in [5, 5.41) is 2.76. The maximum absolute atomic E-state index is 13.0. The third-order valence-corrected chi connectivity index (χ3v) is 4.37. The highest BCUT2D eigenvalue weighted by atomic mass is 16.5. The second-order valence-electron chi connectivity index (χ2n) is 6.28. The highest BCUT2D eigenvalue weighted by molar-refractivity contribution is 6.06. The van der Waals surface area contributed by atoms with Gasteiger partial charge in [-0.15, -0.1) is 0 Å². The molecule has 1 aliphatic rings. The molecule has 2 amide bonds. The Balaban J connectivity index is 1.98. The quantitative estimate of drug-likeness (QED) is 0.814. The largest absolute Gasteiger partial charge is 0.489 e. The van der Waals surface area contributed by atoms with Gasteiger partial charge in [-0.2, -0.15) is 0 Å². The molecule has 0 radical (unpaired) electrons. The van der Waals surface area contributed by atoms with Crippen molar-refractivity contribution in [2.45, 2.75) is 26.4 Å². The first-order valence-electron chi connectivity index (χ1n) is 8.52. The van der Waals surface area contributed by atoms with E-state index in [1.54, 1.807) is 11.0 Å². The van der Waals surface area contributed by atoms with E-state index in [4.69, 9.17) is 4.74 Å². The van der Waals surface area contributed by atoms with Crippen molar-refractivity contribution in [3.63, 3.8) is 0 Å². The predicted octanol–water partition coefficient (Wildman–Crippen LogP) is 3.28. The fourth-order valence-electron chi connectivity index (χ4n) is 3.28. The van der Waals surface area contributed by atoms with E-state index in [1.807, 2.05) is 49.4 Å². The molecule has 1 N–H and O–H groups in total. The van der Waals surface area contributed by atoms with Gasteiger partial charge < -0.3 is 15.0 Å². The van der Waals surface area contributed by atoms with E-state index < -0.39 is 6.04 Å². The number of carbonyl (C=O) groups is 2. The molecule has 0 aliphatic carbocycles. The lowest BCUT2D eigenvalue weighted by Gasteiger charge is -2.21. The number of rotatable bonds is 6. The second kappa shape index (κ2) is 7.44. The summed E-state index contributed by atoms with van der Waals surface area (Å²) in [6.07, 6.45) is 1.68. The van der Waals surface area contributed by atoms with Gasteiger partial charge in [-0.3, -0.25) is 9.59 Å². The van der Waals surface area contributed by atoms with Gasteiger partial charge in [-0.05, 0) is 18.6 Å². The molecule has 0 bridgehead atoms. The number of hydrogen-bond acceptors (Lipinski definition) is 3. The number of benzene rings is 2. The van der Waals surface area contributed by atoms with Gasteiger partial charge in [0.2, 0.25) is 5.91 Å². The lowest BCUT2D eigenvalue weighted by Crippen LogP contribution is -2.36. The number of carbonyl (C=O) groups excluding carboxylic acids is 2. The average Bonchev–Trinajstić information content (AvgIpc) is 2.87. The molecule has 3 rings (SSSR count). The second-order valence-corrected chi connectivity index (χ2v) is 6.28. The molecule has 0 fully saturated rings.